The Kier molecular flexibility index (Phi) is 4.71. The number of nitrogens with one attached hydrogen (secondary N) is 1. The summed E-state index contributed by atoms with van der Waals surface area (Å²) in [4.78, 5) is 15.5. The number of benzene rings is 1. The van der Waals surface area contributed by atoms with E-state index in [4.69, 9.17) is 5.73 Å². The van der Waals surface area contributed by atoms with Gasteiger partial charge in [0.15, 0.2) is 15.0 Å². The van der Waals surface area contributed by atoms with E-state index < -0.39 is 9.84 Å². The van der Waals surface area contributed by atoms with Gasteiger partial charge in [-0.2, -0.15) is 0 Å². The average Bonchev–Trinajstić information content (AvgIpc) is 2.86. The largest absolute Gasteiger partial charge is 0.329 e. The third-order valence-corrected chi connectivity index (χ3v) is 5.20. The van der Waals surface area contributed by atoms with Crippen LogP contribution in [-0.4, -0.2) is 31.6 Å². The van der Waals surface area contributed by atoms with Gasteiger partial charge in [-0.25, -0.2) is 13.4 Å². The van der Waals surface area contributed by atoms with Crippen molar-refractivity contribution >= 4 is 32.2 Å². The first-order valence-electron chi connectivity index (χ1n) is 6.19. The predicted molar refractivity (Wildman–Crippen MR) is 83.0 cm³/mol. The summed E-state index contributed by atoms with van der Waals surface area (Å²) in [5.74, 6) is -0.255. The maximum Gasteiger partial charge on any atom is 0.223 e. The number of hydrogen-bond donors (Lipinski definition) is 2. The van der Waals surface area contributed by atoms with E-state index in [-0.39, 0.29) is 23.1 Å². The molecule has 0 aliphatic heterocycles. The number of nitrogens with two attached hydrogens (primary N) is 1. The number of nitrogens with zero attached hydrogens (tertiary/aromatic N) is 1. The molecular formula is C13H15N3O3S2. The molecular weight excluding hydrogens is 310 g/mol. The first-order chi connectivity index (χ1) is 9.92. The summed E-state index contributed by atoms with van der Waals surface area (Å²) in [6.07, 6.45) is 0. The molecule has 1 heterocycles. The Balaban J connectivity index is 2.23. The first kappa shape index (κ1) is 15.6. The minimum absolute atomic E-state index is 0.0737. The number of anilines is 1. The molecule has 0 radical (unpaired) electrons. The van der Waals surface area contributed by atoms with Crippen LogP contribution in [0.4, 0.5) is 5.13 Å². The van der Waals surface area contributed by atoms with Crippen molar-refractivity contribution in [3.8, 4) is 11.3 Å². The number of aromatic nitrogens is 1. The topological polar surface area (TPSA) is 102 Å². The Morgan fingerprint density at radius 1 is 1.33 bits per heavy atom. The Bertz CT molecular complexity index is 736. The smallest absolute Gasteiger partial charge is 0.223 e. The van der Waals surface area contributed by atoms with Crippen LogP contribution in [0.1, 0.15) is 6.92 Å². The van der Waals surface area contributed by atoms with Gasteiger partial charge in [-0.3, -0.25) is 4.79 Å². The van der Waals surface area contributed by atoms with E-state index in [0.29, 0.717) is 10.8 Å². The fourth-order valence-corrected chi connectivity index (χ4v) is 3.58. The molecule has 0 unspecified atom stereocenters. The van der Waals surface area contributed by atoms with E-state index in [0.717, 1.165) is 5.56 Å². The van der Waals surface area contributed by atoms with Crippen molar-refractivity contribution in [2.45, 2.75) is 11.8 Å². The third kappa shape index (κ3) is 3.87. The lowest BCUT2D eigenvalue weighted by atomic mass is 10.2. The Morgan fingerprint density at radius 3 is 2.57 bits per heavy atom. The molecule has 2 rings (SSSR count). The van der Waals surface area contributed by atoms with E-state index in [9.17, 15) is 13.2 Å². The van der Waals surface area contributed by atoms with Crippen LogP contribution < -0.4 is 11.1 Å². The lowest BCUT2D eigenvalue weighted by molar-refractivity contribution is -0.114. The van der Waals surface area contributed by atoms with Gasteiger partial charge in [0, 0.05) is 24.4 Å². The Labute approximate surface area is 126 Å². The molecule has 112 valence electrons. The minimum atomic E-state index is -3.32. The van der Waals surface area contributed by atoms with Crippen LogP contribution in [0.5, 0.6) is 0 Å². The molecule has 0 bridgehead atoms. The molecule has 1 aromatic heterocycles. The first-order valence-corrected chi connectivity index (χ1v) is 8.72. The molecule has 0 aliphatic rings. The summed E-state index contributed by atoms with van der Waals surface area (Å²) in [6.45, 7) is 1.51. The van der Waals surface area contributed by atoms with Crippen molar-refractivity contribution in [3.05, 3.63) is 29.6 Å². The van der Waals surface area contributed by atoms with Crippen molar-refractivity contribution < 1.29 is 13.2 Å². The standard InChI is InChI=1S/C13H15N3O3S2/c1-9(17)15-13-16-12(8-20-13)10-2-4-11(5-3-10)21(18,19)7-6-14/h2-5,8H,6-7,14H2,1H3,(H,15,16,17). The fraction of sp³-hybridized carbons (Fsp3) is 0.231. The zero-order chi connectivity index (χ0) is 15.5. The van der Waals surface area contributed by atoms with Crippen molar-refractivity contribution in [1.82, 2.24) is 4.98 Å². The van der Waals surface area contributed by atoms with E-state index in [1.807, 2.05) is 0 Å². The van der Waals surface area contributed by atoms with Gasteiger partial charge < -0.3 is 11.1 Å². The van der Waals surface area contributed by atoms with Gasteiger partial charge in [-0.05, 0) is 12.1 Å². The molecule has 1 amide bonds. The highest BCUT2D eigenvalue weighted by Gasteiger charge is 2.13. The zero-order valence-corrected chi connectivity index (χ0v) is 13.0. The second-order valence-corrected chi connectivity index (χ2v) is 7.32. The quantitative estimate of drug-likeness (QED) is 0.867. The van der Waals surface area contributed by atoms with Crippen LogP contribution in [0, 0.1) is 0 Å². The summed E-state index contributed by atoms with van der Waals surface area (Å²) >= 11 is 1.31. The molecule has 0 saturated carbocycles. The van der Waals surface area contributed by atoms with Crippen LogP contribution in [-0.2, 0) is 14.6 Å². The normalized spacial score (nSPS) is 11.3. The highest BCUT2D eigenvalue weighted by atomic mass is 32.2. The molecule has 0 atom stereocenters. The van der Waals surface area contributed by atoms with Crippen LogP contribution in [0.3, 0.4) is 0 Å². The molecule has 6 nitrogen and oxygen atoms in total. The molecule has 0 saturated heterocycles. The molecule has 8 heteroatoms. The van der Waals surface area contributed by atoms with Gasteiger partial charge in [-0.1, -0.05) is 12.1 Å². The van der Waals surface area contributed by atoms with Gasteiger partial charge in [0.1, 0.15) is 0 Å². The van der Waals surface area contributed by atoms with Crippen LogP contribution >= 0.6 is 11.3 Å². The number of sulfone groups is 1. The van der Waals surface area contributed by atoms with Gasteiger partial charge >= 0.3 is 0 Å². The van der Waals surface area contributed by atoms with Crippen molar-refractivity contribution in [2.24, 2.45) is 5.73 Å². The predicted octanol–water partition coefficient (Wildman–Crippen LogP) is 1.50. The molecule has 0 aliphatic carbocycles. The van der Waals surface area contributed by atoms with Crippen LogP contribution in [0.2, 0.25) is 0 Å². The van der Waals surface area contributed by atoms with E-state index in [1.165, 1.54) is 30.4 Å². The molecule has 3 N–H and O–H groups in total. The van der Waals surface area contributed by atoms with Gasteiger partial charge in [0.05, 0.1) is 16.3 Å². The van der Waals surface area contributed by atoms with Crippen molar-refractivity contribution in [1.29, 1.82) is 0 Å². The number of amides is 1. The van der Waals surface area contributed by atoms with Gasteiger partial charge in [0.25, 0.3) is 0 Å². The fourth-order valence-electron chi connectivity index (χ4n) is 1.72. The number of carbonyl (C=O) groups excluding carboxylic acids is 1. The number of hydrogen-bond acceptors (Lipinski definition) is 6. The Morgan fingerprint density at radius 2 is 2.00 bits per heavy atom. The summed E-state index contributed by atoms with van der Waals surface area (Å²) in [6, 6.07) is 6.46. The van der Waals surface area contributed by atoms with Gasteiger partial charge in [0.2, 0.25) is 5.91 Å². The summed E-state index contributed by atoms with van der Waals surface area (Å²) in [5.41, 5.74) is 6.77. The number of thiazole rings is 1. The number of rotatable bonds is 5. The minimum Gasteiger partial charge on any atom is -0.329 e. The van der Waals surface area contributed by atoms with Crippen LogP contribution in [0.15, 0.2) is 34.5 Å². The van der Waals surface area contributed by atoms with Crippen LogP contribution in [0.25, 0.3) is 11.3 Å². The highest BCUT2D eigenvalue weighted by molar-refractivity contribution is 7.91. The summed E-state index contributed by atoms with van der Waals surface area (Å²) in [7, 11) is -3.32. The maximum atomic E-state index is 11.9. The molecule has 0 fully saturated rings. The SMILES string of the molecule is CC(=O)Nc1nc(-c2ccc(S(=O)(=O)CCN)cc2)cs1. The van der Waals surface area contributed by atoms with Crippen molar-refractivity contribution in [2.75, 3.05) is 17.6 Å². The maximum absolute atomic E-state index is 11.9. The Hall–Kier alpha value is -1.77. The van der Waals surface area contributed by atoms with Crippen molar-refractivity contribution in [3.63, 3.8) is 0 Å². The lowest BCUT2D eigenvalue weighted by Crippen LogP contribution is -2.15. The molecule has 21 heavy (non-hydrogen) atoms. The lowest BCUT2D eigenvalue weighted by Gasteiger charge is -2.03. The highest BCUT2D eigenvalue weighted by Crippen LogP contribution is 2.26. The second-order valence-electron chi connectivity index (χ2n) is 4.35. The van der Waals surface area contributed by atoms with Gasteiger partial charge in [-0.15, -0.1) is 11.3 Å². The zero-order valence-electron chi connectivity index (χ0n) is 11.4. The third-order valence-electron chi connectivity index (χ3n) is 2.68. The second kappa shape index (κ2) is 6.33. The molecule has 1 aromatic carbocycles. The summed E-state index contributed by atoms with van der Waals surface area (Å²) in [5, 5.41) is 4.92. The number of carbonyl (C=O) groups is 1. The summed E-state index contributed by atoms with van der Waals surface area (Å²) < 4.78 is 23.7. The van der Waals surface area contributed by atoms with E-state index >= 15 is 0 Å². The van der Waals surface area contributed by atoms with E-state index in [1.54, 1.807) is 17.5 Å². The molecule has 0 spiro atoms. The molecule has 2 aromatic rings. The van der Waals surface area contributed by atoms with E-state index in [2.05, 4.69) is 10.3 Å². The average molecular weight is 325 g/mol. The monoisotopic (exact) mass is 325 g/mol.